The molecule has 7 heteroatoms. The predicted molar refractivity (Wildman–Crippen MR) is 129 cm³/mol. The molecule has 0 saturated carbocycles. The summed E-state index contributed by atoms with van der Waals surface area (Å²) in [5, 5.41) is 0.934. The van der Waals surface area contributed by atoms with E-state index < -0.39 is 0 Å². The van der Waals surface area contributed by atoms with Gasteiger partial charge in [0.25, 0.3) is 0 Å². The Labute approximate surface area is 202 Å². The molecule has 1 atom stereocenters. The predicted octanol–water partition coefficient (Wildman–Crippen LogP) is 6.08. The minimum atomic E-state index is -0.271. The lowest BCUT2D eigenvalue weighted by Crippen LogP contribution is -2.19. The molecular formula is C26H29BrO6. The Kier molecular flexibility index (Phi) is 8.29. The number of halogens is 1. The topological polar surface area (TPSA) is 67.1 Å². The van der Waals surface area contributed by atoms with Crippen LogP contribution in [-0.2, 0) is 27.3 Å². The van der Waals surface area contributed by atoms with Crippen LogP contribution in [0.1, 0.15) is 37.3 Å². The van der Waals surface area contributed by atoms with E-state index in [0.29, 0.717) is 42.8 Å². The zero-order valence-electron chi connectivity index (χ0n) is 18.8. The third-order valence-electron chi connectivity index (χ3n) is 5.72. The van der Waals surface area contributed by atoms with Crippen molar-refractivity contribution in [3.05, 3.63) is 58.3 Å². The Morgan fingerprint density at radius 1 is 1.15 bits per heavy atom. The maximum Gasteiger partial charge on any atom is 0.310 e. The fraction of sp³-hybridized carbons (Fsp3) is 0.423. The van der Waals surface area contributed by atoms with E-state index in [4.69, 9.17) is 23.4 Å². The van der Waals surface area contributed by atoms with E-state index in [1.165, 1.54) is 6.42 Å². The highest BCUT2D eigenvalue weighted by Crippen LogP contribution is 2.35. The lowest BCUT2D eigenvalue weighted by molar-refractivity contribution is -0.142. The van der Waals surface area contributed by atoms with Gasteiger partial charge in [0, 0.05) is 34.2 Å². The van der Waals surface area contributed by atoms with Gasteiger partial charge >= 0.3 is 5.97 Å². The van der Waals surface area contributed by atoms with Gasteiger partial charge in [-0.1, -0.05) is 34.1 Å². The molecule has 1 unspecified atom stereocenters. The van der Waals surface area contributed by atoms with Gasteiger partial charge in [0.1, 0.15) is 12.4 Å². The first-order valence-corrected chi connectivity index (χ1v) is 12.2. The van der Waals surface area contributed by atoms with Crippen LogP contribution in [0.15, 0.2) is 51.6 Å². The number of esters is 1. The van der Waals surface area contributed by atoms with Gasteiger partial charge in [-0.3, -0.25) is 4.79 Å². The molecule has 2 aromatic carbocycles. The van der Waals surface area contributed by atoms with Crippen molar-refractivity contribution in [2.24, 2.45) is 5.92 Å². The van der Waals surface area contributed by atoms with E-state index in [-0.39, 0.29) is 12.4 Å². The number of para-hydroxylation sites is 1. The van der Waals surface area contributed by atoms with Crippen LogP contribution in [0.5, 0.6) is 11.5 Å². The van der Waals surface area contributed by atoms with Crippen LogP contribution in [0, 0.1) is 5.92 Å². The van der Waals surface area contributed by atoms with Gasteiger partial charge in [-0.25, -0.2) is 0 Å². The second-order valence-corrected chi connectivity index (χ2v) is 9.06. The van der Waals surface area contributed by atoms with Crippen molar-refractivity contribution in [2.45, 2.75) is 39.2 Å². The molecule has 0 aliphatic carbocycles. The average Bonchev–Trinajstić information content (AvgIpc) is 3.22. The quantitative estimate of drug-likeness (QED) is 0.304. The third-order valence-corrected chi connectivity index (χ3v) is 6.18. The first-order chi connectivity index (χ1) is 16.1. The van der Waals surface area contributed by atoms with Gasteiger partial charge in [-0.2, -0.15) is 0 Å². The van der Waals surface area contributed by atoms with Gasteiger partial charge in [0.15, 0.2) is 11.3 Å². The number of hydrogen-bond acceptors (Lipinski definition) is 6. The molecular weight excluding hydrogens is 488 g/mol. The summed E-state index contributed by atoms with van der Waals surface area (Å²) in [7, 11) is 0. The summed E-state index contributed by atoms with van der Waals surface area (Å²) in [4.78, 5) is 11.9. The number of benzene rings is 2. The number of ether oxygens (including phenoxy) is 4. The highest BCUT2D eigenvalue weighted by molar-refractivity contribution is 9.10. The molecule has 33 heavy (non-hydrogen) atoms. The van der Waals surface area contributed by atoms with Crippen molar-refractivity contribution in [3.8, 4) is 11.5 Å². The SMILES string of the molecule is CCOC(=O)Cc1ccccc1OCc1coc2c(OCCC3CCCOC3)cc(Br)cc12. The Morgan fingerprint density at radius 2 is 2.03 bits per heavy atom. The van der Waals surface area contributed by atoms with Crippen LogP contribution in [0.2, 0.25) is 0 Å². The zero-order chi connectivity index (χ0) is 23.0. The Balaban J connectivity index is 1.43. The number of rotatable bonds is 10. The van der Waals surface area contributed by atoms with Crippen molar-refractivity contribution in [1.82, 2.24) is 0 Å². The van der Waals surface area contributed by atoms with Gasteiger partial charge in [0.2, 0.25) is 0 Å². The molecule has 0 radical (unpaired) electrons. The third kappa shape index (κ3) is 6.30. The van der Waals surface area contributed by atoms with Crippen LogP contribution in [0.4, 0.5) is 0 Å². The van der Waals surface area contributed by atoms with Crippen LogP contribution in [-0.4, -0.2) is 32.4 Å². The minimum absolute atomic E-state index is 0.172. The van der Waals surface area contributed by atoms with Crippen molar-refractivity contribution in [2.75, 3.05) is 26.4 Å². The largest absolute Gasteiger partial charge is 0.490 e. The minimum Gasteiger partial charge on any atom is -0.490 e. The molecule has 0 N–H and O–H groups in total. The maximum absolute atomic E-state index is 11.9. The Hall–Kier alpha value is -2.51. The van der Waals surface area contributed by atoms with E-state index >= 15 is 0 Å². The first-order valence-electron chi connectivity index (χ1n) is 11.4. The summed E-state index contributed by atoms with van der Waals surface area (Å²) in [6.45, 7) is 4.77. The van der Waals surface area contributed by atoms with Crippen LogP contribution >= 0.6 is 15.9 Å². The number of carbonyl (C=O) groups is 1. The van der Waals surface area contributed by atoms with E-state index in [1.807, 2.05) is 36.4 Å². The van der Waals surface area contributed by atoms with Crippen LogP contribution in [0.3, 0.4) is 0 Å². The lowest BCUT2D eigenvalue weighted by Gasteiger charge is -2.21. The number of fused-ring (bicyclic) bond motifs is 1. The molecule has 2 heterocycles. The highest BCUT2D eigenvalue weighted by Gasteiger charge is 2.17. The molecule has 0 spiro atoms. The van der Waals surface area contributed by atoms with Gasteiger partial charge in [0.05, 0.1) is 25.9 Å². The summed E-state index contributed by atoms with van der Waals surface area (Å²) >= 11 is 3.59. The van der Waals surface area contributed by atoms with E-state index in [2.05, 4.69) is 15.9 Å². The lowest BCUT2D eigenvalue weighted by atomic mass is 9.99. The van der Waals surface area contributed by atoms with Crippen LogP contribution in [0.25, 0.3) is 11.0 Å². The van der Waals surface area contributed by atoms with Crippen molar-refractivity contribution >= 4 is 32.9 Å². The fourth-order valence-electron chi connectivity index (χ4n) is 4.03. The standard InChI is InChI=1S/C26H29BrO6/c1-2-30-25(28)12-19-7-3-4-8-23(19)32-16-20-17-33-26-22(20)13-21(27)14-24(26)31-11-9-18-6-5-10-29-15-18/h3-4,7-8,13-14,17-18H,2,5-6,9-12,15-16H2,1H3. The Morgan fingerprint density at radius 3 is 2.85 bits per heavy atom. The maximum atomic E-state index is 11.9. The molecule has 1 aliphatic rings. The molecule has 1 aliphatic heterocycles. The van der Waals surface area contributed by atoms with Crippen molar-refractivity contribution in [3.63, 3.8) is 0 Å². The number of hydrogen-bond donors (Lipinski definition) is 0. The van der Waals surface area contributed by atoms with Gasteiger partial charge < -0.3 is 23.4 Å². The summed E-state index contributed by atoms with van der Waals surface area (Å²) in [6, 6.07) is 11.4. The van der Waals surface area contributed by atoms with E-state index in [0.717, 1.165) is 47.0 Å². The Bertz CT molecular complexity index is 1070. The number of carbonyl (C=O) groups excluding carboxylic acids is 1. The molecule has 176 valence electrons. The second-order valence-electron chi connectivity index (χ2n) is 8.14. The molecule has 4 rings (SSSR count). The summed E-state index contributed by atoms with van der Waals surface area (Å²) in [5.74, 6) is 1.65. The molecule has 0 amide bonds. The highest BCUT2D eigenvalue weighted by atomic mass is 79.9. The molecule has 1 fully saturated rings. The molecule has 6 nitrogen and oxygen atoms in total. The molecule has 0 bridgehead atoms. The molecule has 1 aromatic heterocycles. The van der Waals surface area contributed by atoms with Crippen LogP contribution < -0.4 is 9.47 Å². The average molecular weight is 517 g/mol. The first kappa shape index (κ1) is 23.6. The summed E-state index contributed by atoms with van der Waals surface area (Å²) in [6.07, 6.45) is 5.15. The van der Waals surface area contributed by atoms with E-state index in [1.54, 1.807) is 13.2 Å². The molecule has 3 aromatic rings. The second kappa shape index (κ2) is 11.6. The summed E-state index contributed by atoms with van der Waals surface area (Å²) in [5.41, 5.74) is 2.40. The van der Waals surface area contributed by atoms with E-state index in [9.17, 15) is 4.79 Å². The van der Waals surface area contributed by atoms with Gasteiger partial charge in [-0.15, -0.1) is 0 Å². The normalized spacial score (nSPS) is 16.0. The monoisotopic (exact) mass is 516 g/mol. The summed E-state index contributed by atoms with van der Waals surface area (Å²) < 4.78 is 29.6. The number of furan rings is 1. The fourth-order valence-corrected chi connectivity index (χ4v) is 4.46. The smallest absolute Gasteiger partial charge is 0.310 e. The van der Waals surface area contributed by atoms with Gasteiger partial charge in [-0.05, 0) is 50.3 Å². The molecule has 1 saturated heterocycles. The zero-order valence-corrected chi connectivity index (χ0v) is 20.4. The van der Waals surface area contributed by atoms with Crippen molar-refractivity contribution in [1.29, 1.82) is 0 Å². The van der Waals surface area contributed by atoms with Crippen molar-refractivity contribution < 1.29 is 28.2 Å².